The molecule has 1 heterocycles. The average molecular weight is 270 g/mol. The minimum atomic E-state index is -0.262. The normalized spacial score (nSPS) is 29.6. The van der Waals surface area contributed by atoms with Gasteiger partial charge in [0.15, 0.2) is 0 Å². The number of carbonyl (C=O) groups excluding carboxylic acids is 1. The van der Waals surface area contributed by atoms with Gasteiger partial charge >= 0.3 is 0 Å². The van der Waals surface area contributed by atoms with Crippen LogP contribution in [-0.2, 0) is 14.3 Å². The average Bonchev–Trinajstić information content (AvgIpc) is 3.07. The molecule has 0 bridgehead atoms. The standard InChI is InChI=1S/C14H26N2O3/c1-11(13(17)16-12-5-3-4-6-12)15-9-14(18-2)7-8-19-10-14/h11-12,15H,3-10H2,1-2H3,(H,16,17). The largest absolute Gasteiger partial charge is 0.378 e. The smallest absolute Gasteiger partial charge is 0.237 e. The molecule has 2 fully saturated rings. The molecule has 0 aromatic carbocycles. The molecule has 2 aliphatic rings. The summed E-state index contributed by atoms with van der Waals surface area (Å²) in [5.74, 6) is 0.0945. The molecule has 2 N–H and O–H groups in total. The lowest BCUT2D eigenvalue weighted by Gasteiger charge is -2.28. The van der Waals surface area contributed by atoms with Gasteiger partial charge in [0.25, 0.3) is 0 Å². The first-order valence-electron chi connectivity index (χ1n) is 7.32. The van der Waals surface area contributed by atoms with E-state index in [1.165, 1.54) is 12.8 Å². The minimum absolute atomic E-state index is 0.0945. The number of methoxy groups -OCH3 is 1. The molecule has 0 aromatic heterocycles. The first-order valence-corrected chi connectivity index (χ1v) is 7.32. The summed E-state index contributed by atoms with van der Waals surface area (Å²) < 4.78 is 10.9. The van der Waals surface area contributed by atoms with E-state index < -0.39 is 0 Å². The zero-order valence-corrected chi connectivity index (χ0v) is 12.0. The third kappa shape index (κ3) is 3.91. The molecular formula is C14H26N2O3. The third-order valence-electron chi connectivity index (χ3n) is 4.33. The molecule has 19 heavy (non-hydrogen) atoms. The van der Waals surface area contributed by atoms with Gasteiger partial charge in [0.2, 0.25) is 5.91 Å². The molecule has 2 unspecified atom stereocenters. The van der Waals surface area contributed by atoms with Gasteiger partial charge in [-0.3, -0.25) is 4.79 Å². The van der Waals surface area contributed by atoms with Gasteiger partial charge in [-0.2, -0.15) is 0 Å². The molecule has 5 heteroatoms. The van der Waals surface area contributed by atoms with E-state index in [0.29, 0.717) is 19.2 Å². The Bertz CT molecular complexity index is 297. The predicted molar refractivity (Wildman–Crippen MR) is 73.0 cm³/mol. The lowest BCUT2D eigenvalue weighted by Crippen LogP contribution is -2.51. The topological polar surface area (TPSA) is 59.6 Å². The second kappa shape index (κ2) is 6.68. The molecule has 2 rings (SSSR count). The Balaban J connectivity index is 1.73. The summed E-state index contributed by atoms with van der Waals surface area (Å²) in [6.45, 7) is 3.90. The van der Waals surface area contributed by atoms with Crippen LogP contribution in [0.3, 0.4) is 0 Å². The highest BCUT2D eigenvalue weighted by molar-refractivity contribution is 5.81. The SMILES string of the molecule is COC1(CNC(C)C(=O)NC2CCCC2)CCOC1. The zero-order valence-electron chi connectivity index (χ0n) is 12.0. The highest BCUT2D eigenvalue weighted by Crippen LogP contribution is 2.21. The van der Waals surface area contributed by atoms with Crippen LogP contribution in [0.2, 0.25) is 0 Å². The Labute approximate surface area is 115 Å². The predicted octanol–water partition coefficient (Wildman–Crippen LogP) is 0.829. The lowest BCUT2D eigenvalue weighted by atomic mass is 10.0. The van der Waals surface area contributed by atoms with Crippen molar-refractivity contribution in [1.82, 2.24) is 10.6 Å². The Morgan fingerprint density at radius 1 is 1.47 bits per heavy atom. The lowest BCUT2D eigenvalue weighted by molar-refractivity contribution is -0.123. The van der Waals surface area contributed by atoms with Crippen LogP contribution in [0.15, 0.2) is 0 Å². The van der Waals surface area contributed by atoms with Crippen molar-refractivity contribution in [2.45, 2.75) is 56.7 Å². The summed E-state index contributed by atoms with van der Waals surface area (Å²) in [4.78, 5) is 12.1. The van der Waals surface area contributed by atoms with Crippen LogP contribution in [0.5, 0.6) is 0 Å². The molecule has 1 aliphatic heterocycles. The number of carbonyl (C=O) groups is 1. The summed E-state index contributed by atoms with van der Waals surface area (Å²) in [5, 5.41) is 6.38. The van der Waals surface area contributed by atoms with Crippen LogP contribution in [0, 0.1) is 0 Å². The zero-order chi connectivity index (χ0) is 13.7. The van der Waals surface area contributed by atoms with Crippen molar-refractivity contribution in [2.75, 3.05) is 26.9 Å². The summed E-state index contributed by atoms with van der Waals surface area (Å²) in [5.41, 5.74) is -0.262. The van der Waals surface area contributed by atoms with E-state index in [-0.39, 0.29) is 17.6 Å². The molecule has 1 saturated carbocycles. The highest BCUT2D eigenvalue weighted by atomic mass is 16.5. The summed E-state index contributed by atoms with van der Waals surface area (Å²) >= 11 is 0. The molecule has 0 spiro atoms. The number of hydrogen-bond acceptors (Lipinski definition) is 4. The molecule has 5 nitrogen and oxygen atoms in total. The number of ether oxygens (including phenoxy) is 2. The van der Waals surface area contributed by atoms with E-state index in [2.05, 4.69) is 10.6 Å². The van der Waals surface area contributed by atoms with E-state index in [4.69, 9.17) is 9.47 Å². The molecule has 2 atom stereocenters. The Kier molecular flexibility index (Phi) is 5.19. The molecule has 1 amide bonds. The first-order chi connectivity index (χ1) is 9.15. The van der Waals surface area contributed by atoms with Crippen molar-refractivity contribution < 1.29 is 14.3 Å². The Morgan fingerprint density at radius 2 is 2.21 bits per heavy atom. The van der Waals surface area contributed by atoms with E-state index in [0.717, 1.165) is 25.9 Å². The second-order valence-electron chi connectivity index (χ2n) is 5.78. The van der Waals surface area contributed by atoms with Gasteiger partial charge < -0.3 is 20.1 Å². The van der Waals surface area contributed by atoms with E-state index in [1.54, 1.807) is 7.11 Å². The monoisotopic (exact) mass is 270 g/mol. The van der Waals surface area contributed by atoms with Crippen LogP contribution in [-0.4, -0.2) is 50.5 Å². The maximum atomic E-state index is 12.1. The molecule has 0 radical (unpaired) electrons. The van der Waals surface area contributed by atoms with Crippen molar-refractivity contribution >= 4 is 5.91 Å². The number of hydrogen-bond donors (Lipinski definition) is 2. The summed E-state index contributed by atoms with van der Waals surface area (Å²) in [7, 11) is 1.71. The van der Waals surface area contributed by atoms with Crippen LogP contribution >= 0.6 is 0 Å². The van der Waals surface area contributed by atoms with Gasteiger partial charge in [-0.1, -0.05) is 12.8 Å². The fourth-order valence-electron chi connectivity index (χ4n) is 2.79. The fourth-order valence-corrected chi connectivity index (χ4v) is 2.79. The van der Waals surface area contributed by atoms with E-state index in [9.17, 15) is 4.79 Å². The van der Waals surface area contributed by atoms with Crippen LogP contribution in [0.25, 0.3) is 0 Å². The van der Waals surface area contributed by atoms with E-state index >= 15 is 0 Å². The van der Waals surface area contributed by atoms with Gasteiger partial charge in [-0.15, -0.1) is 0 Å². The van der Waals surface area contributed by atoms with Crippen molar-refractivity contribution in [3.8, 4) is 0 Å². The second-order valence-corrected chi connectivity index (χ2v) is 5.78. The van der Waals surface area contributed by atoms with Crippen molar-refractivity contribution in [3.05, 3.63) is 0 Å². The summed E-state index contributed by atoms with van der Waals surface area (Å²) in [6, 6.07) is 0.191. The maximum absolute atomic E-state index is 12.1. The van der Waals surface area contributed by atoms with Gasteiger partial charge in [0.05, 0.1) is 12.6 Å². The maximum Gasteiger partial charge on any atom is 0.237 e. The van der Waals surface area contributed by atoms with Crippen molar-refractivity contribution in [1.29, 1.82) is 0 Å². The molecule has 1 aliphatic carbocycles. The number of rotatable bonds is 6. The van der Waals surface area contributed by atoms with Crippen LogP contribution in [0.4, 0.5) is 0 Å². The van der Waals surface area contributed by atoms with E-state index in [1.807, 2.05) is 6.92 Å². The van der Waals surface area contributed by atoms with Crippen molar-refractivity contribution in [2.24, 2.45) is 0 Å². The van der Waals surface area contributed by atoms with Gasteiger partial charge in [0.1, 0.15) is 5.60 Å². The molecule has 0 aromatic rings. The fraction of sp³-hybridized carbons (Fsp3) is 0.929. The third-order valence-corrected chi connectivity index (χ3v) is 4.33. The van der Waals surface area contributed by atoms with Crippen molar-refractivity contribution in [3.63, 3.8) is 0 Å². The minimum Gasteiger partial charge on any atom is -0.378 e. The Morgan fingerprint density at radius 3 is 2.79 bits per heavy atom. The molecular weight excluding hydrogens is 244 g/mol. The number of amides is 1. The molecule has 1 saturated heterocycles. The number of nitrogens with one attached hydrogen (secondary N) is 2. The van der Waals surface area contributed by atoms with Crippen LogP contribution in [0.1, 0.15) is 39.0 Å². The highest BCUT2D eigenvalue weighted by Gasteiger charge is 2.35. The first kappa shape index (κ1) is 14.8. The summed E-state index contributed by atoms with van der Waals surface area (Å²) in [6.07, 6.45) is 5.59. The van der Waals surface area contributed by atoms with Gasteiger partial charge in [-0.05, 0) is 19.8 Å². The molecule has 110 valence electrons. The Hall–Kier alpha value is -0.650. The van der Waals surface area contributed by atoms with Gasteiger partial charge in [-0.25, -0.2) is 0 Å². The van der Waals surface area contributed by atoms with Crippen LogP contribution < -0.4 is 10.6 Å². The quantitative estimate of drug-likeness (QED) is 0.750. The van der Waals surface area contributed by atoms with Gasteiger partial charge in [0, 0.05) is 32.7 Å².